The average Bonchev–Trinajstić information content (AvgIpc) is 2.78. The quantitative estimate of drug-likeness (QED) is 0.412. The van der Waals surface area contributed by atoms with Crippen molar-refractivity contribution in [3.05, 3.63) is 75.3 Å². The van der Waals surface area contributed by atoms with Gasteiger partial charge in [-0.3, -0.25) is 9.59 Å². The number of H-pyrrole nitrogens is 1. The lowest BCUT2D eigenvalue weighted by Crippen LogP contribution is -2.31. The van der Waals surface area contributed by atoms with E-state index in [4.69, 9.17) is 9.47 Å². The number of hydrogen-bond acceptors (Lipinski definition) is 6. The van der Waals surface area contributed by atoms with Crippen LogP contribution in [0.25, 0.3) is 0 Å². The molecule has 0 saturated heterocycles. The summed E-state index contributed by atoms with van der Waals surface area (Å²) in [7, 11) is 1.55. The van der Waals surface area contributed by atoms with E-state index >= 15 is 0 Å². The SMILES string of the molecule is CCOc1cc(C2CC(=O)Nc3nc(SCc4ccccc4F)[nH]c(=O)c32)ccc1OC. The molecule has 9 heteroatoms. The fourth-order valence-electron chi connectivity index (χ4n) is 3.64. The smallest absolute Gasteiger partial charge is 0.257 e. The first-order valence-electron chi connectivity index (χ1n) is 10.1. The Labute approximate surface area is 188 Å². The molecule has 0 fully saturated rings. The van der Waals surface area contributed by atoms with Gasteiger partial charge in [-0.25, -0.2) is 9.37 Å². The third-order valence-corrected chi connectivity index (χ3v) is 6.06. The van der Waals surface area contributed by atoms with Gasteiger partial charge in [0.25, 0.3) is 5.56 Å². The molecule has 1 unspecified atom stereocenters. The van der Waals surface area contributed by atoms with Gasteiger partial charge in [0.05, 0.1) is 19.3 Å². The molecule has 0 spiro atoms. The van der Waals surface area contributed by atoms with Crippen LogP contribution < -0.4 is 20.3 Å². The molecule has 0 aliphatic carbocycles. The monoisotopic (exact) mass is 455 g/mol. The van der Waals surface area contributed by atoms with Gasteiger partial charge < -0.3 is 19.8 Å². The van der Waals surface area contributed by atoms with Crippen molar-refractivity contribution in [2.24, 2.45) is 0 Å². The maximum absolute atomic E-state index is 13.9. The van der Waals surface area contributed by atoms with Crippen molar-refractivity contribution in [2.45, 2.75) is 30.2 Å². The standard InChI is InChI=1S/C23H22FN3O4S/c1-3-31-18-10-13(8-9-17(18)30-2)15-11-19(28)25-21-20(15)22(29)27-23(26-21)32-12-14-6-4-5-7-16(14)24/h4-10,15H,3,11-12H2,1-2H3,(H2,25,26,27,28,29). The number of nitrogens with zero attached hydrogens (tertiary/aromatic N) is 1. The summed E-state index contributed by atoms with van der Waals surface area (Å²) < 4.78 is 24.9. The van der Waals surface area contributed by atoms with E-state index in [-0.39, 0.29) is 29.5 Å². The highest BCUT2D eigenvalue weighted by Gasteiger charge is 2.31. The zero-order chi connectivity index (χ0) is 22.7. The van der Waals surface area contributed by atoms with Gasteiger partial charge >= 0.3 is 0 Å². The number of carbonyl (C=O) groups excluding carboxylic acids is 1. The van der Waals surface area contributed by atoms with E-state index < -0.39 is 5.92 Å². The number of nitrogens with one attached hydrogen (secondary N) is 2. The molecular formula is C23H22FN3O4S. The summed E-state index contributed by atoms with van der Waals surface area (Å²) >= 11 is 1.19. The van der Waals surface area contributed by atoms with Gasteiger partial charge in [-0.05, 0) is 36.2 Å². The number of carbonyl (C=O) groups is 1. The van der Waals surface area contributed by atoms with Gasteiger partial charge in [0, 0.05) is 18.1 Å². The second-order valence-corrected chi connectivity index (χ2v) is 8.13. The minimum absolute atomic E-state index is 0.109. The summed E-state index contributed by atoms with van der Waals surface area (Å²) in [5.74, 6) is 0.592. The Morgan fingerprint density at radius 1 is 1.19 bits per heavy atom. The van der Waals surface area contributed by atoms with Crippen LogP contribution in [0.1, 0.15) is 36.0 Å². The summed E-state index contributed by atoms with van der Waals surface area (Å²) in [6.45, 7) is 2.32. The van der Waals surface area contributed by atoms with E-state index in [0.717, 1.165) is 5.56 Å². The van der Waals surface area contributed by atoms with Crippen LogP contribution in [0.4, 0.5) is 10.2 Å². The molecule has 166 valence electrons. The van der Waals surface area contributed by atoms with Crippen molar-refractivity contribution >= 4 is 23.5 Å². The third kappa shape index (κ3) is 4.47. The lowest BCUT2D eigenvalue weighted by molar-refractivity contribution is -0.116. The second-order valence-electron chi connectivity index (χ2n) is 7.16. The molecule has 1 aliphatic heterocycles. The van der Waals surface area contributed by atoms with E-state index in [0.29, 0.717) is 40.1 Å². The molecule has 7 nitrogen and oxygen atoms in total. The van der Waals surface area contributed by atoms with E-state index in [1.54, 1.807) is 37.4 Å². The fraction of sp³-hybridized carbons (Fsp3) is 0.261. The molecular weight excluding hydrogens is 433 g/mol. The number of benzene rings is 2. The lowest BCUT2D eigenvalue weighted by Gasteiger charge is -2.25. The predicted octanol–water partition coefficient (Wildman–Crippen LogP) is 4.08. The number of fused-ring (bicyclic) bond motifs is 1. The van der Waals surface area contributed by atoms with Crippen molar-refractivity contribution in [1.82, 2.24) is 9.97 Å². The summed E-state index contributed by atoms with van der Waals surface area (Å²) in [4.78, 5) is 32.6. The first-order valence-corrected chi connectivity index (χ1v) is 11.1. The molecule has 0 radical (unpaired) electrons. The first kappa shape index (κ1) is 21.9. The zero-order valence-electron chi connectivity index (χ0n) is 17.6. The van der Waals surface area contributed by atoms with Crippen LogP contribution >= 0.6 is 11.8 Å². The van der Waals surface area contributed by atoms with Crippen molar-refractivity contribution in [3.8, 4) is 11.5 Å². The highest BCUT2D eigenvalue weighted by Crippen LogP contribution is 2.38. The normalized spacial score (nSPS) is 15.1. The largest absolute Gasteiger partial charge is 0.493 e. The summed E-state index contributed by atoms with van der Waals surface area (Å²) in [5.41, 5.74) is 1.29. The average molecular weight is 456 g/mol. The highest BCUT2D eigenvalue weighted by atomic mass is 32.2. The molecule has 4 rings (SSSR count). The molecule has 3 aromatic rings. The summed E-state index contributed by atoms with van der Waals surface area (Å²) in [6.07, 6.45) is 0.109. The Hall–Kier alpha value is -3.33. The van der Waals surface area contributed by atoms with Crippen molar-refractivity contribution in [2.75, 3.05) is 19.0 Å². The van der Waals surface area contributed by atoms with Gasteiger partial charge in [-0.15, -0.1) is 0 Å². The molecule has 1 atom stereocenters. The number of hydrogen-bond donors (Lipinski definition) is 2. The highest BCUT2D eigenvalue weighted by molar-refractivity contribution is 7.98. The van der Waals surface area contributed by atoms with Crippen LogP contribution in [0.5, 0.6) is 11.5 Å². The van der Waals surface area contributed by atoms with Crippen LogP contribution in [0.2, 0.25) is 0 Å². The van der Waals surface area contributed by atoms with E-state index in [1.165, 1.54) is 17.8 Å². The van der Waals surface area contributed by atoms with E-state index in [2.05, 4.69) is 15.3 Å². The van der Waals surface area contributed by atoms with Crippen molar-refractivity contribution in [1.29, 1.82) is 0 Å². The predicted molar refractivity (Wildman–Crippen MR) is 120 cm³/mol. The fourth-order valence-corrected chi connectivity index (χ4v) is 4.49. The zero-order valence-corrected chi connectivity index (χ0v) is 18.4. The first-order chi connectivity index (χ1) is 15.5. The Kier molecular flexibility index (Phi) is 6.45. The van der Waals surface area contributed by atoms with Crippen molar-refractivity contribution < 1.29 is 18.7 Å². The number of ether oxygens (including phenoxy) is 2. The molecule has 0 bridgehead atoms. The summed E-state index contributed by atoms with van der Waals surface area (Å²) in [6, 6.07) is 11.8. The minimum atomic E-state index is -0.481. The number of rotatable bonds is 7. The second kappa shape index (κ2) is 9.44. The number of aromatic nitrogens is 2. The van der Waals surface area contributed by atoms with Gasteiger partial charge in [0.15, 0.2) is 16.7 Å². The third-order valence-electron chi connectivity index (χ3n) is 5.14. The number of aromatic amines is 1. The van der Waals surface area contributed by atoms with Gasteiger partial charge in [-0.1, -0.05) is 36.0 Å². The van der Waals surface area contributed by atoms with Crippen LogP contribution in [-0.2, 0) is 10.5 Å². The molecule has 1 aromatic heterocycles. The Morgan fingerprint density at radius 2 is 2.00 bits per heavy atom. The number of amides is 1. The maximum atomic E-state index is 13.9. The summed E-state index contributed by atoms with van der Waals surface area (Å²) in [5, 5.41) is 3.01. The van der Waals surface area contributed by atoms with Gasteiger partial charge in [0.1, 0.15) is 11.6 Å². The Morgan fingerprint density at radius 3 is 2.75 bits per heavy atom. The molecule has 0 saturated carbocycles. The Bertz CT molecular complexity index is 1210. The number of halogens is 1. The molecule has 32 heavy (non-hydrogen) atoms. The van der Waals surface area contributed by atoms with Gasteiger partial charge in [0.2, 0.25) is 5.91 Å². The molecule has 2 N–H and O–H groups in total. The van der Waals surface area contributed by atoms with E-state index in [1.807, 2.05) is 13.0 Å². The van der Waals surface area contributed by atoms with Crippen LogP contribution in [0.15, 0.2) is 52.4 Å². The number of methoxy groups -OCH3 is 1. The van der Waals surface area contributed by atoms with Gasteiger partial charge in [-0.2, -0.15) is 0 Å². The molecule has 1 amide bonds. The van der Waals surface area contributed by atoms with E-state index in [9.17, 15) is 14.0 Å². The van der Waals surface area contributed by atoms with Crippen LogP contribution in [0.3, 0.4) is 0 Å². The van der Waals surface area contributed by atoms with Crippen LogP contribution in [-0.4, -0.2) is 29.6 Å². The Balaban J connectivity index is 1.67. The molecule has 1 aliphatic rings. The number of anilines is 1. The minimum Gasteiger partial charge on any atom is -0.493 e. The van der Waals surface area contributed by atoms with Crippen LogP contribution in [0, 0.1) is 5.82 Å². The molecule has 2 aromatic carbocycles. The lowest BCUT2D eigenvalue weighted by atomic mass is 9.86. The van der Waals surface area contributed by atoms with Crippen molar-refractivity contribution in [3.63, 3.8) is 0 Å². The molecule has 2 heterocycles. The number of thioether (sulfide) groups is 1. The maximum Gasteiger partial charge on any atom is 0.257 e. The topological polar surface area (TPSA) is 93.3 Å².